The number of aromatic nitrogens is 1. The molecule has 2 aromatic carbocycles. The SMILES string of the molecule is O=S(=O)(c1nccs1)c1ccc(NCc2c(F)ccc(F)c2CN2CCC2)c(F)c1F. The molecule has 1 N–H and O–H groups in total. The zero-order chi connectivity index (χ0) is 22.2. The second-order valence-electron chi connectivity index (χ2n) is 7.01. The van der Waals surface area contributed by atoms with Gasteiger partial charge in [-0.2, -0.15) is 0 Å². The van der Waals surface area contributed by atoms with E-state index in [0.29, 0.717) is 0 Å². The number of rotatable bonds is 7. The third-order valence-electron chi connectivity index (χ3n) is 5.08. The molecule has 0 spiro atoms. The number of hydrogen-bond donors (Lipinski definition) is 1. The zero-order valence-electron chi connectivity index (χ0n) is 16.0. The number of likely N-dealkylation sites (tertiary alicyclic amines) is 1. The zero-order valence-corrected chi connectivity index (χ0v) is 17.7. The molecular weight excluding hydrogens is 454 g/mol. The van der Waals surface area contributed by atoms with Crippen molar-refractivity contribution in [1.29, 1.82) is 0 Å². The molecule has 3 aromatic rings. The number of thiazole rings is 1. The molecule has 164 valence electrons. The van der Waals surface area contributed by atoms with Gasteiger partial charge in [0.05, 0.1) is 5.69 Å². The van der Waals surface area contributed by atoms with Crippen molar-refractivity contribution in [1.82, 2.24) is 9.88 Å². The summed E-state index contributed by atoms with van der Waals surface area (Å²) in [5.74, 6) is -4.26. The minimum Gasteiger partial charge on any atom is -0.378 e. The summed E-state index contributed by atoms with van der Waals surface area (Å²) in [5.41, 5.74) is -0.212. The Balaban J connectivity index is 1.60. The van der Waals surface area contributed by atoms with Crippen LogP contribution in [-0.4, -0.2) is 31.4 Å². The van der Waals surface area contributed by atoms with Crippen molar-refractivity contribution in [3.05, 3.63) is 70.2 Å². The molecule has 0 radical (unpaired) electrons. The molecule has 5 nitrogen and oxygen atoms in total. The molecule has 2 heterocycles. The summed E-state index contributed by atoms with van der Waals surface area (Å²) < 4.78 is 82.4. The van der Waals surface area contributed by atoms with Gasteiger partial charge in [-0.1, -0.05) is 0 Å². The van der Waals surface area contributed by atoms with Gasteiger partial charge in [0.2, 0.25) is 14.2 Å². The van der Waals surface area contributed by atoms with Crippen LogP contribution in [0, 0.1) is 23.3 Å². The molecule has 0 amide bonds. The largest absolute Gasteiger partial charge is 0.378 e. The van der Waals surface area contributed by atoms with Crippen molar-refractivity contribution in [2.75, 3.05) is 18.4 Å². The van der Waals surface area contributed by atoms with E-state index in [4.69, 9.17) is 0 Å². The average molecular weight is 472 g/mol. The van der Waals surface area contributed by atoms with Crippen molar-refractivity contribution in [2.24, 2.45) is 0 Å². The normalized spacial score (nSPS) is 14.5. The minimum atomic E-state index is -4.31. The molecule has 0 aliphatic carbocycles. The molecule has 1 aliphatic rings. The standard InChI is InChI=1S/C20H17F4N3O2S2/c21-14-2-3-15(22)13(11-27-7-1-8-27)12(14)10-26-16-4-5-17(19(24)18(16)23)31(28,29)20-25-6-9-30-20/h2-6,9,26H,1,7-8,10-11H2. The predicted octanol–water partition coefficient (Wildman–Crippen LogP) is 4.35. The summed E-state index contributed by atoms with van der Waals surface area (Å²) in [6.45, 7) is 1.46. The van der Waals surface area contributed by atoms with E-state index in [9.17, 15) is 26.0 Å². The van der Waals surface area contributed by atoms with Crippen LogP contribution in [0.15, 0.2) is 45.1 Å². The van der Waals surface area contributed by atoms with Gasteiger partial charge in [0.1, 0.15) is 16.5 Å². The second-order valence-corrected chi connectivity index (χ2v) is 10.00. The van der Waals surface area contributed by atoms with Gasteiger partial charge in [-0.15, -0.1) is 11.3 Å². The summed E-state index contributed by atoms with van der Waals surface area (Å²) in [4.78, 5) is 4.74. The Bertz CT molecular complexity index is 1210. The Morgan fingerprint density at radius 2 is 1.71 bits per heavy atom. The molecule has 0 saturated carbocycles. The third-order valence-corrected chi connectivity index (χ3v) is 8.05. The van der Waals surface area contributed by atoms with E-state index in [1.165, 1.54) is 11.6 Å². The first-order chi connectivity index (χ1) is 14.8. The Hall–Kier alpha value is -2.50. The van der Waals surface area contributed by atoms with Crippen LogP contribution >= 0.6 is 11.3 Å². The molecule has 1 fully saturated rings. The summed E-state index contributed by atoms with van der Waals surface area (Å²) in [5, 5.41) is 3.96. The van der Waals surface area contributed by atoms with E-state index in [-0.39, 0.29) is 34.2 Å². The first kappa shape index (κ1) is 21.7. The molecule has 0 unspecified atom stereocenters. The number of anilines is 1. The monoisotopic (exact) mass is 471 g/mol. The fourth-order valence-electron chi connectivity index (χ4n) is 3.26. The van der Waals surface area contributed by atoms with E-state index in [1.54, 1.807) is 0 Å². The topological polar surface area (TPSA) is 62.3 Å². The van der Waals surface area contributed by atoms with Crippen molar-refractivity contribution in [3.8, 4) is 0 Å². The minimum absolute atomic E-state index is 0.00573. The van der Waals surface area contributed by atoms with Gasteiger partial charge in [0.15, 0.2) is 11.6 Å². The molecule has 1 aliphatic heterocycles. The predicted molar refractivity (Wildman–Crippen MR) is 108 cm³/mol. The maximum atomic E-state index is 14.6. The van der Waals surface area contributed by atoms with Gasteiger partial charge < -0.3 is 5.32 Å². The van der Waals surface area contributed by atoms with Crippen LogP contribution in [0.1, 0.15) is 17.5 Å². The summed E-state index contributed by atoms with van der Waals surface area (Å²) >= 11 is 0.782. The number of benzene rings is 2. The molecule has 1 aromatic heterocycles. The highest BCUT2D eigenvalue weighted by Crippen LogP contribution is 2.30. The number of sulfone groups is 1. The summed E-state index contributed by atoms with van der Waals surface area (Å²) in [6, 6.07) is 3.98. The van der Waals surface area contributed by atoms with Crippen molar-refractivity contribution in [3.63, 3.8) is 0 Å². The van der Waals surface area contributed by atoms with Gasteiger partial charge in [0.25, 0.3) is 0 Å². The van der Waals surface area contributed by atoms with Crippen molar-refractivity contribution in [2.45, 2.75) is 28.7 Å². The van der Waals surface area contributed by atoms with Gasteiger partial charge in [-0.05, 0) is 43.8 Å². The summed E-state index contributed by atoms with van der Waals surface area (Å²) in [7, 11) is -4.31. The van der Waals surface area contributed by atoms with Gasteiger partial charge in [0, 0.05) is 35.8 Å². The van der Waals surface area contributed by atoms with Crippen LogP contribution in [0.2, 0.25) is 0 Å². The fourth-order valence-corrected chi connectivity index (χ4v) is 5.52. The molecule has 1 saturated heterocycles. The Kier molecular flexibility index (Phi) is 6.00. The van der Waals surface area contributed by atoms with Crippen molar-refractivity contribution >= 4 is 26.9 Å². The highest BCUT2D eigenvalue weighted by molar-refractivity contribution is 7.93. The Morgan fingerprint density at radius 1 is 1.00 bits per heavy atom. The highest BCUT2D eigenvalue weighted by atomic mass is 32.2. The van der Waals surface area contributed by atoms with E-state index in [0.717, 1.165) is 55.1 Å². The third kappa shape index (κ3) is 4.17. The van der Waals surface area contributed by atoms with Crippen LogP contribution in [0.5, 0.6) is 0 Å². The lowest BCUT2D eigenvalue weighted by Gasteiger charge is -2.31. The lowest BCUT2D eigenvalue weighted by Crippen LogP contribution is -2.37. The number of nitrogens with one attached hydrogen (secondary N) is 1. The first-order valence-corrected chi connectivity index (χ1v) is 11.7. The van der Waals surface area contributed by atoms with Crippen LogP contribution in [0.4, 0.5) is 23.2 Å². The van der Waals surface area contributed by atoms with Gasteiger partial charge in [-0.25, -0.2) is 31.0 Å². The molecule has 4 rings (SSSR count). The second kappa shape index (κ2) is 8.56. The van der Waals surface area contributed by atoms with Crippen molar-refractivity contribution < 1.29 is 26.0 Å². The fraction of sp³-hybridized carbons (Fsp3) is 0.250. The number of nitrogens with zero attached hydrogens (tertiary/aromatic N) is 2. The molecule has 11 heteroatoms. The molecule has 31 heavy (non-hydrogen) atoms. The molecule has 0 bridgehead atoms. The maximum Gasteiger partial charge on any atom is 0.236 e. The van der Waals surface area contributed by atoms with Crippen LogP contribution in [0.3, 0.4) is 0 Å². The van der Waals surface area contributed by atoms with E-state index in [1.807, 2.05) is 4.90 Å². The smallest absolute Gasteiger partial charge is 0.236 e. The highest BCUT2D eigenvalue weighted by Gasteiger charge is 2.28. The quantitative estimate of drug-likeness (QED) is 0.519. The van der Waals surface area contributed by atoms with E-state index < -0.39 is 38.0 Å². The van der Waals surface area contributed by atoms with Crippen LogP contribution in [0.25, 0.3) is 0 Å². The van der Waals surface area contributed by atoms with Gasteiger partial charge >= 0.3 is 0 Å². The molecule has 0 atom stereocenters. The lowest BCUT2D eigenvalue weighted by atomic mass is 10.0. The first-order valence-electron chi connectivity index (χ1n) is 9.33. The Labute approximate surface area is 180 Å². The number of hydrogen-bond acceptors (Lipinski definition) is 6. The maximum absolute atomic E-state index is 14.6. The van der Waals surface area contributed by atoms with E-state index in [2.05, 4.69) is 10.3 Å². The van der Waals surface area contributed by atoms with Gasteiger partial charge in [-0.3, -0.25) is 4.90 Å². The number of halogens is 4. The van der Waals surface area contributed by atoms with E-state index >= 15 is 0 Å². The molecular formula is C20H17F4N3O2S2. The van der Waals surface area contributed by atoms with Crippen LogP contribution < -0.4 is 5.32 Å². The Morgan fingerprint density at radius 3 is 2.32 bits per heavy atom. The summed E-state index contributed by atoms with van der Waals surface area (Å²) in [6.07, 6.45) is 2.22. The average Bonchev–Trinajstić information content (AvgIpc) is 3.25. The lowest BCUT2D eigenvalue weighted by molar-refractivity contribution is 0.169. The van der Waals surface area contributed by atoms with Crippen LogP contribution in [-0.2, 0) is 22.9 Å².